The largest absolute Gasteiger partial charge is 0.352 e. The first kappa shape index (κ1) is 25.1. The average Bonchev–Trinajstić information content (AvgIpc) is 2.72. The number of nitriles is 1. The number of nitrogens with zero attached hydrogens (tertiary/aromatic N) is 3. The van der Waals surface area contributed by atoms with Gasteiger partial charge in [0.05, 0.1) is 11.9 Å². The van der Waals surface area contributed by atoms with Gasteiger partial charge in [-0.3, -0.25) is 9.78 Å². The number of benzene rings is 1. The molecule has 170 valence electrons. The van der Waals surface area contributed by atoms with Crippen LogP contribution in [0.25, 0.3) is 0 Å². The highest BCUT2D eigenvalue weighted by atomic mass is 35.5. The van der Waals surface area contributed by atoms with Gasteiger partial charge >= 0.3 is 0 Å². The van der Waals surface area contributed by atoms with Crippen LogP contribution < -0.4 is 21.1 Å². The molecule has 32 heavy (non-hydrogen) atoms. The second kappa shape index (κ2) is 10.9. The summed E-state index contributed by atoms with van der Waals surface area (Å²) in [7, 11) is -4.08. The highest BCUT2D eigenvalue weighted by Gasteiger charge is 2.31. The van der Waals surface area contributed by atoms with E-state index in [1.165, 1.54) is 6.20 Å². The first-order valence-electron chi connectivity index (χ1n) is 9.46. The van der Waals surface area contributed by atoms with E-state index in [1.54, 1.807) is 62.6 Å². The van der Waals surface area contributed by atoms with Crippen LogP contribution >= 0.6 is 11.6 Å². The van der Waals surface area contributed by atoms with Crippen molar-refractivity contribution in [3.05, 3.63) is 59.4 Å². The molecule has 0 radical (unpaired) electrons. The lowest BCUT2D eigenvalue weighted by Gasteiger charge is -2.30. The number of hydrogen-bond acceptors (Lipinski definition) is 6. The van der Waals surface area contributed by atoms with Gasteiger partial charge in [-0.1, -0.05) is 25.4 Å². The van der Waals surface area contributed by atoms with Crippen LogP contribution in [0.3, 0.4) is 0 Å². The Balaban J connectivity index is 2.09. The number of hydrogen-bond donors (Lipinski definition) is 4. The third-order valence-corrected chi connectivity index (χ3v) is 5.68. The summed E-state index contributed by atoms with van der Waals surface area (Å²) < 4.78 is 24.5. The number of carbonyl (C=O) groups excluding carboxylic acids is 1. The molecule has 5 N–H and O–H groups in total. The number of nitrogens with one attached hydrogen (secondary N) is 3. The van der Waals surface area contributed by atoms with Crippen molar-refractivity contribution in [3.8, 4) is 6.19 Å². The third-order valence-electron chi connectivity index (χ3n) is 4.35. The molecule has 1 aromatic carbocycles. The Morgan fingerprint density at radius 2 is 2.00 bits per heavy atom. The van der Waals surface area contributed by atoms with Crippen LogP contribution in [-0.4, -0.2) is 37.2 Å². The molecule has 0 saturated carbocycles. The van der Waals surface area contributed by atoms with Crippen molar-refractivity contribution in [1.29, 1.82) is 5.26 Å². The topological polar surface area (TPSA) is 162 Å². The summed E-state index contributed by atoms with van der Waals surface area (Å²) in [6.45, 7) is 3.73. The summed E-state index contributed by atoms with van der Waals surface area (Å²) >= 11 is 5.84. The molecule has 2 aromatic rings. The number of primary sulfonamides is 1. The summed E-state index contributed by atoms with van der Waals surface area (Å²) in [4.78, 5) is 19.9. The second-order valence-corrected chi connectivity index (χ2v) is 9.89. The normalized spacial score (nSPS) is 13.0. The van der Waals surface area contributed by atoms with E-state index in [1.807, 2.05) is 0 Å². The van der Waals surface area contributed by atoms with Gasteiger partial charge in [0.2, 0.25) is 22.2 Å². The number of guanidine groups is 1. The summed E-state index contributed by atoms with van der Waals surface area (Å²) in [6, 6.07) is 9.73. The van der Waals surface area contributed by atoms with Gasteiger partial charge in [0, 0.05) is 23.3 Å². The van der Waals surface area contributed by atoms with E-state index in [9.17, 15) is 13.2 Å². The Kier molecular flexibility index (Phi) is 8.54. The number of pyridine rings is 1. The van der Waals surface area contributed by atoms with Crippen molar-refractivity contribution in [2.75, 3.05) is 11.9 Å². The van der Waals surface area contributed by atoms with Gasteiger partial charge in [0.15, 0.2) is 0 Å². The minimum atomic E-state index is -4.08. The molecule has 0 aliphatic heterocycles. The molecule has 0 fully saturated rings. The van der Waals surface area contributed by atoms with E-state index < -0.39 is 20.8 Å². The smallest absolute Gasteiger partial charge is 0.251 e. The summed E-state index contributed by atoms with van der Waals surface area (Å²) in [5, 5.41) is 21.9. The molecular weight excluding hydrogens is 454 g/mol. The zero-order valence-corrected chi connectivity index (χ0v) is 19.1. The molecule has 0 saturated heterocycles. The summed E-state index contributed by atoms with van der Waals surface area (Å²) in [5.74, 6) is -0.416. The molecule has 10 nitrogen and oxygen atoms in total. The van der Waals surface area contributed by atoms with Crippen molar-refractivity contribution >= 4 is 39.2 Å². The lowest BCUT2D eigenvalue weighted by atomic mass is 9.89. The van der Waals surface area contributed by atoms with Gasteiger partial charge in [0.25, 0.3) is 5.91 Å². The molecular formula is C20H24ClN7O3S. The third kappa shape index (κ3) is 8.14. The molecule has 1 atom stereocenters. The average molecular weight is 478 g/mol. The number of rotatable bonds is 8. The molecule has 0 spiro atoms. The minimum Gasteiger partial charge on any atom is -0.352 e. The van der Waals surface area contributed by atoms with Crippen LogP contribution in [0.5, 0.6) is 0 Å². The number of anilines is 1. The molecule has 1 heterocycles. The standard InChI is InChI=1S/C20H24ClN7O3S/c1-20(2,12-25-18(29)14-5-7-15(21)8-6-14)10-17(32(23,30)31)28-19(26-13-22)27-16-4-3-9-24-11-16/h3-9,11,17H,10,12H2,1-2H3,(H,25,29)(H2,23,30,31)(H2,26,27,28). The number of carbonyl (C=O) groups is 1. The number of amides is 1. The number of nitrogens with two attached hydrogens (primary N) is 1. The Bertz CT molecular complexity index is 1100. The number of aliphatic imine (C=N–C) groups is 1. The fraction of sp³-hybridized carbons (Fsp3) is 0.300. The molecule has 0 bridgehead atoms. The zero-order valence-electron chi connectivity index (χ0n) is 17.5. The maximum absolute atomic E-state index is 12.4. The molecule has 1 amide bonds. The van der Waals surface area contributed by atoms with Crippen LogP contribution in [0.15, 0.2) is 53.8 Å². The van der Waals surface area contributed by atoms with Crippen LogP contribution in [0.1, 0.15) is 30.6 Å². The fourth-order valence-corrected chi connectivity index (χ4v) is 3.80. The molecule has 0 aliphatic rings. The van der Waals surface area contributed by atoms with Gasteiger partial charge in [0.1, 0.15) is 5.37 Å². The van der Waals surface area contributed by atoms with E-state index in [-0.39, 0.29) is 24.8 Å². The Hall–Kier alpha value is -3.20. The highest BCUT2D eigenvalue weighted by molar-refractivity contribution is 7.89. The van der Waals surface area contributed by atoms with Gasteiger partial charge in [-0.25, -0.2) is 13.6 Å². The van der Waals surface area contributed by atoms with Crippen molar-refractivity contribution in [1.82, 2.24) is 15.6 Å². The fourth-order valence-electron chi connectivity index (χ4n) is 2.72. The molecule has 0 aliphatic carbocycles. The minimum absolute atomic E-state index is 0.0197. The first-order valence-corrected chi connectivity index (χ1v) is 11.4. The van der Waals surface area contributed by atoms with E-state index >= 15 is 0 Å². The van der Waals surface area contributed by atoms with Gasteiger partial charge in [-0.05, 0) is 48.2 Å². The van der Waals surface area contributed by atoms with Crippen molar-refractivity contribution in [2.24, 2.45) is 15.5 Å². The lowest BCUT2D eigenvalue weighted by Crippen LogP contribution is -2.49. The van der Waals surface area contributed by atoms with Gasteiger partial charge < -0.3 is 16.0 Å². The number of aromatic nitrogens is 1. The van der Waals surface area contributed by atoms with Gasteiger partial charge in [-0.2, -0.15) is 5.26 Å². The van der Waals surface area contributed by atoms with Crippen LogP contribution in [0, 0.1) is 16.9 Å². The Labute approximate surface area is 191 Å². The number of halogens is 1. The number of sulfonamides is 1. The molecule has 12 heteroatoms. The predicted octanol–water partition coefficient (Wildman–Crippen LogP) is 2.03. The lowest BCUT2D eigenvalue weighted by molar-refractivity contribution is 0.0934. The van der Waals surface area contributed by atoms with Crippen LogP contribution in [-0.2, 0) is 10.0 Å². The van der Waals surface area contributed by atoms with Crippen molar-refractivity contribution in [3.63, 3.8) is 0 Å². The van der Waals surface area contributed by atoms with E-state index in [0.29, 0.717) is 16.3 Å². The Morgan fingerprint density at radius 3 is 2.56 bits per heavy atom. The van der Waals surface area contributed by atoms with E-state index in [4.69, 9.17) is 22.0 Å². The molecule has 2 rings (SSSR count). The van der Waals surface area contributed by atoms with Crippen molar-refractivity contribution < 1.29 is 13.2 Å². The second-order valence-electron chi connectivity index (χ2n) is 7.71. The van der Waals surface area contributed by atoms with E-state index in [2.05, 4.69) is 25.9 Å². The maximum atomic E-state index is 12.4. The monoisotopic (exact) mass is 477 g/mol. The summed E-state index contributed by atoms with van der Waals surface area (Å²) in [5.41, 5.74) is 0.241. The molecule has 1 unspecified atom stereocenters. The first-order chi connectivity index (χ1) is 15.0. The zero-order chi connectivity index (χ0) is 23.8. The van der Waals surface area contributed by atoms with Crippen LogP contribution in [0.2, 0.25) is 5.02 Å². The Morgan fingerprint density at radius 1 is 1.31 bits per heavy atom. The SMILES string of the molecule is CC(C)(CNC(=O)c1ccc(Cl)cc1)CC(NC(=NC#N)Nc1cccnc1)S(N)(=O)=O. The maximum Gasteiger partial charge on any atom is 0.251 e. The van der Waals surface area contributed by atoms with Crippen molar-refractivity contribution in [2.45, 2.75) is 25.6 Å². The van der Waals surface area contributed by atoms with Crippen LogP contribution in [0.4, 0.5) is 5.69 Å². The van der Waals surface area contributed by atoms with E-state index in [0.717, 1.165) is 0 Å². The predicted molar refractivity (Wildman–Crippen MR) is 123 cm³/mol. The summed E-state index contributed by atoms with van der Waals surface area (Å²) in [6.07, 6.45) is 4.68. The quantitative estimate of drug-likeness (QED) is 0.256. The molecule has 1 aromatic heterocycles. The highest BCUT2D eigenvalue weighted by Crippen LogP contribution is 2.23. The van der Waals surface area contributed by atoms with Gasteiger partial charge in [-0.15, -0.1) is 4.99 Å².